The van der Waals surface area contributed by atoms with Gasteiger partial charge in [0.1, 0.15) is 11.0 Å². The minimum Gasteiger partial charge on any atom is -0.228 e. The summed E-state index contributed by atoms with van der Waals surface area (Å²) in [7, 11) is 0. The summed E-state index contributed by atoms with van der Waals surface area (Å²) in [6.45, 7) is 0. The zero-order valence-corrected chi connectivity index (χ0v) is 11.6. The van der Waals surface area contributed by atoms with Crippen LogP contribution < -0.4 is 0 Å². The topological polar surface area (TPSA) is 25.8 Å². The molecule has 0 aliphatic carbocycles. The van der Waals surface area contributed by atoms with Crippen molar-refractivity contribution in [2.45, 2.75) is 6.18 Å². The van der Waals surface area contributed by atoms with Crippen LogP contribution in [0.5, 0.6) is 0 Å². The van der Waals surface area contributed by atoms with Gasteiger partial charge in [-0.1, -0.05) is 23.7 Å². The highest BCUT2D eigenvalue weighted by Gasteiger charge is 2.35. The van der Waals surface area contributed by atoms with Crippen molar-refractivity contribution in [3.63, 3.8) is 0 Å². The maximum Gasteiger partial charge on any atom is 0.417 e. The molecule has 0 bridgehead atoms. The Morgan fingerprint density at radius 1 is 0.955 bits per heavy atom. The molecule has 1 heterocycles. The number of fused-ring (bicyclic) bond motifs is 1. The van der Waals surface area contributed by atoms with Crippen molar-refractivity contribution in [2.75, 3.05) is 0 Å². The first-order valence-corrected chi connectivity index (χ1v) is 6.53. The SMILES string of the molecule is Fc1ccc(-c2nc(Cl)c3ccccc3n2)c(C(F)(F)F)c1. The molecule has 0 spiro atoms. The molecule has 0 aliphatic rings. The van der Waals surface area contributed by atoms with E-state index in [-0.39, 0.29) is 16.5 Å². The van der Waals surface area contributed by atoms with Gasteiger partial charge < -0.3 is 0 Å². The lowest BCUT2D eigenvalue weighted by Gasteiger charge is -2.12. The molecule has 2 nitrogen and oxygen atoms in total. The van der Waals surface area contributed by atoms with Crippen LogP contribution in [-0.4, -0.2) is 9.97 Å². The smallest absolute Gasteiger partial charge is 0.228 e. The number of alkyl halides is 3. The predicted molar refractivity (Wildman–Crippen MR) is 74.9 cm³/mol. The van der Waals surface area contributed by atoms with Crippen molar-refractivity contribution in [2.24, 2.45) is 0 Å². The van der Waals surface area contributed by atoms with Gasteiger partial charge in [0, 0.05) is 10.9 Å². The maximum atomic E-state index is 13.2. The number of halogens is 5. The van der Waals surface area contributed by atoms with Gasteiger partial charge in [0.05, 0.1) is 11.1 Å². The van der Waals surface area contributed by atoms with E-state index in [1.165, 1.54) is 0 Å². The van der Waals surface area contributed by atoms with E-state index >= 15 is 0 Å². The van der Waals surface area contributed by atoms with Gasteiger partial charge in [-0.25, -0.2) is 14.4 Å². The zero-order valence-electron chi connectivity index (χ0n) is 10.8. The van der Waals surface area contributed by atoms with Crippen LogP contribution >= 0.6 is 11.6 Å². The van der Waals surface area contributed by atoms with Crippen molar-refractivity contribution in [3.05, 3.63) is 59.0 Å². The molecule has 0 saturated heterocycles. The second-order valence-electron chi connectivity index (χ2n) is 4.54. The standard InChI is InChI=1S/C15H7ClF4N2/c16-13-10-3-1-2-4-12(10)21-14(22-13)9-6-5-8(17)7-11(9)15(18,19)20/h1-7H. The third kappa shape index (κ3) is 2.62. The Hall–Kier alpha value is -2.21. The van der Waals surface area contributed by atoms with E-state index in [0.717, 1.165) is 12.1 Å². The average molecular weight is 327 g/mol. The molecule has 112 valence electrons. The Kier molecular flexibility index (Phi) is 3.48. The third-order valence-electron chi connectivity index (χ3n) is 3.08. The van der Waals surface area contributed by atoms with Gasteiger partial charge in [-0.3, -0.25) is 0 Å². The monoisotopic (exact) mass is 326 g/mol. The maximum absolute atomic E-state index is 13.2. The van der Waals surface area contributed by atoms with Gasteiger partial charge in [-0.2, -0.15) is 13.2 Å². The number of benzene rings is 2. The largest absolute Gasteiger partial charge is 0.417 e. The molecule has 22 heavy (non-hydrogen) atoms. The van der Waals surface area contributed by atoms with E-state index in [9.17, 15) is 17.6 Å². The van der Waals surface area contributed by atoms with Crippen LogP contribution in [0.3, 0.4) is 0 Å². The third-order valence-corrected chi connectivity index (χ3v) is 3.37. The van der Waals surface area contributed by atoms with Crippen LogP contribution in [-0.2, 0) is 6.18 Å². The Morgan fingerprint density at radius 3 is 2.41 bits per heavy atom. The van der Waals surface area contributed by atoms with Gasteiger partial charge in [-0.15, -0.1) is 0 Å². The number of hydrogen-bond acceptors (Lipinski definition) is 2. The zero-order chi connectivity index (χ0) is 15.9. The first kappa shape index (κ1) is 14.7. The summed E-state index contributed by atoms with van der Waals surface area (Å²) in [6.07, 6.45) is -4.72. The highest BCUT2D eigenvalue weighted by molar-refractivity contribution is 6.34. The molecule has 0 atom stereocenters. The molecule has 0 unspecified atom stereocenters. The van der Waals surface area contributed by atoms with Gasteiger partial charge >= 0.3 is 6.18 Å². The Balaban J connectivity index is 2.28. The van der Waals surface area contributed by atoms with Gasteiger partial charge in [0.25, 0.3) is 0 Å². The Bertz CT molecular complexity index is 862. The van der Waals surface area contributed by atoms with E-state index < -0.39 is 17.6 Å². The second-order valence-corrected chi connectivity index (χ2v) is 4.90. The lowest BCUT2D eigenvalue weighted by atomic mass is 10.1. The molecule has 2 aromatic carbocycles. The van der Waals surface area contributed by atoms with Crippen molar-refractivity contribution in [1.82, 2.24) is 9.97 Å². The molecule has 0 saturated carbocycles. The molecule has 3 aromatic rings. The average Bonchev–Trinajstić information content (AvgIpc) is 2.46. The highest BCUT2D eigenvalue weighted by Crippen LogP contribution is 2.37. The first-order chi connectivity index (χ1) is 10.4. The number of para-hydroxylation sites is 1. The Morgan fingerprint density at radius 2 is 1.68 bits per heavy atom. The molecular formula is C15H7ClF4N2. The minimum absolute atomic E-state index is 0.0399. The van der Waals surface area contributed by atoms with Crippen molar-refractivity contribution >= 4 is 22.5 Å². The minimum atomic E-state index is -4.72. The number of nitrogens with zero attached hydrogens (tertiary/aromatic N) is 2. The summed E-state index contributed by atoms with van der Waals surface area (Å²) in [5, 5.41) is 0.571. The van der Waals surface area contributed by atoms with Crippen LogP contribution in [0.2, 0.25) is 5.15 Å². The molecule has 0 fully saturated rings. The van der Waals surface area contributed by atoms with Crippen LogP contribution in [0.25, 0.3) is 22.3 Å². The van der Waals surface area contributed by atoms with Gasteiger partial charge in [0.15, 0.2) is 5.82 Å². The molecule has 7 heteroatoms. The summed E-state index contributed by atoms with van der Waals surface area (Å²) < 4.78 is 52.4. The van der Waals surface area contributed by atoms with Gasteiger partial charge in [-0.05, 0) is 30.3 Å². The van der Waals surface area contributed by atoms with E-state index in [1.807, 2.05) is 0 Å². The van der Waals surface area contributed by atoms with Crippen LogP contribution in [0.15, 0.2) is 42.5 Å². The molecule has 0 aliphatic heterocycles. The molecule has 0 amide bonds. The number of aromatic nitrogens is 2. The lowest BCUT2D eigenvalue weighted by molar-refractivity contribution is -0.137. The fourth-order valence-electron chi connectivity index (χ4n) is 2.10. The second kappa shape index (κ2) is 5.21. The van der Waals surface area contributed by atoms with Crippen molar-refractivity contribution in [3.8, 4) is 11.4 Å². The summed E-state index contributed by atoms with van der Waals surface area (Å²) in [5.41, 5.74) is -1.05. The van der Waals surface area contributed by atoms with Crippen LogP contribution in [0.4, 0.5) is 17.6 Å². The van der Waals surface area contributed by atoms with Crippen LogP contribution in [0.1, 0.15) is 5.56 Å². The van der Waals surface area contributed by atoms with Crippen molar-refractivity contribution < 1.29 is 17.6 Å². The fourth-order valence-corrected chi connectivity index (χ4v) is 2.34. The summed E-state index contributed by atoms with van der Waals surface area (Å²) >= 11 is 6.00. The van der Waals surface area contributed by atoms with E-state index in [4.69, 9.17) is 11.6 Å². The van der Waals surface area contributed by atoms with Gasteiger partial charge in [0.2, 0.25) is 0 Å². The summed E-state index contributed by atoms with van der Waals surface area (Å²) in [6, 6.07) is 9.03. The van der Waals surface area contributed by atoms with E-state index in [1.54, 1.807) is 24.3 Å². The van der Waals surface area contributed by atoms with Crippen molar-refractivity contribution in [1.29, 1.82) is 0 Å². The fraction of sp³-hybridized carbons (Fsp3) is 0.0667. The Labute approximate surface area is 127 Å². The lowest BCUT2D eigenvalue weighted by Crippen LogP contribution is -2.09. The normalized spacial score (nSPS) is 11.9. The number of rotatable bonds is 1. The molecule has 1 aromatic heterocycles. The first-order valence-electron chi connectivity index (χ1n) is 6.15. The van der Waals surface area contributed by atoms with E-state index in [0.29, 0.717) is 17.0 Å². The predicted octanol–water partition coefficient (Wildman–Crippen LogP) is 5.11. The summed E-state index contributed by atoms with van der Waals surface area (Å²) in [5.74, 6) is -1.18. The molecule has 0 radical (unpaired) electrons. The van der Waals surface area contributed by atoms with Crippen LogP contribution in [0, 0.1) is 5.82 Å². The quantitative estimate of drug-likeness (QED) is 0.459. The molecule has 3 rings (SSSR count). The molecule has 0 N–H and O–H groups in total. The molecular weight excluding hydrogens is 320 g/mol. The number of hydrogen-bond donors (Lipinski definition) is 0. The summed E-state index contributed by atoms with van der Waals surface area (Å²) in [4.78, 5) is 8.00. The van der Waals surface area contributed by atoms with E-state index in [2.05, 4.69) is 9.97 Å². The highest BCUT2D eigenvalue weighted by atomic mass is 35.5.